The third-order valence-electron chi connectivity index (χ3n) is 5.38. The van der Waals surface area contributed by atoms with E-state index in [0.717, 1.165) is 37.2 Å². The third-order valence-corrected chi connectivity index (χ3v) is 6.58. The Labute approximate surface area is 159 Å². The van der Waals surface area contributed by atoms with Crippen LogP contribution in [0, 0.1) is 0 Å². The summed E-state index contributed by atoms with van der Waals surface area (Å²) < 4.78 is 0. The van der Waals surface area contributed by atoms with Gasteiger partial charge in [-0.15, -0.1) is 23.7 Å². The highest BCUT2D eigenvalue weighted by Crippen LogP contribution is 2.46. The maximum atomic E-state index is 12.9. The first-order chi connectivity index (χ1) is 11.5. The molecule has 0 spiro atoms. The molecule has 134 valence electrons. The lowest BCUT2D eigenvalue weighted by molar-refractivity contribution is 0.0719. The summed E-state index contributed by atoms with van der Waals surface area (Å²) in [4.78, 5) is 17.0. The number of thiophene rings is 1. The number of likely N-dealkylation sites (tertiary alicyclic amines) is 1. The van der Waals surface area contributed by atoms with Crippen molar-refractivity contribution in [2.24, 2.45) is 5.73 Å². The lowest BCUT2D eigenvalue weighted by Gasteiger charge is -2.32. The van der Waals surface area contributed by atoms with E-state index < -0.39 is 0 Å². The van der Waals surface area contributed by atoms with E-state index in [1.807, 2.05) is 4.90 Å². The lowest BCUT2D eigenvalue weighted by Crippen LogP contribution is -2.42. The fourth-order valence-electron chi connectivity index (χ4n) is 3.99. The van der Waals surface area contributed by atoms with E-state index in [1.165, 1.54) is 21.6 Å². The number of halogens is 1. The zero-order valence-corrected chi connectivity index (χ0v) is 16.4. The number of hydrogen-bond donors (Lipinski definition) is 1. The Kier molecular flexibility index (Phi) is 4.97. The Morgan fingerprint density at radius 2 is 1.92 bits per heavy atom. The zero-order valence-electron chi connectivity index (χ0n) is 14.7. The zero-order chi connectivity index (χ0) is 16.9. The summed E-state index contributed by atoms with van der Waals surface area (Å²) in [5, 5.41) is 0. The first-order valence-corrected chi connectivity index (χ1v) is 9.55. The molecule has 2 heterocycles. The van der Waals surface area contributed by atoms with Gasteiger partial charge in [0.2, 0.25) is 0 Å². The molecule has 5 heteroatoms. The SMILES string of the molecule is CC1(C)Cc2cc(C(=O)N3CCC(N)CC3)sc2-c2ccccc21.Cl. The van der Waals surface area contributed by atoms with Crippen molar-refractivity contribution in [1.82, 2.24) is 4.90 Å². The molecule has 1 aromatic carbocycles. The van der Waals surface area contributed by atoms with Crippen molar-refractivity contribution in [3.63, 3.8) is 0 Å². The quantitative estimate of drug-likeness (QED) is 0.809. The summed E-state index contributed by atoms with van der Waals surface area (Å²) in [6, 6.07) is 11.0. The summed E-state index contributed by atoms with van der Waals surface area (Å²) >= 11 is 1.66. The van der Waals surface area contributed by atoms with E-state index in [-0.39, 0.29) is 29.8 Å². The van der Waals surface area contributed by atoms with Crippen LogP contribution in [0.2, 0.25) is 0 Å². The van der Waals surface area contributed by atoms with Gasteiger partial charge in [0, 0.05) is 24.0 Å². The molecule has 0 unspecified atom stereocenters. The largest absolute Gasteiger partial charge is 0.338 e. The molecular weight excluding hydrogens is 352 g/mol. The number of amides is 1. The van der Waals surface area contributed by atoms with Crippen molar-refractivity contribution in [1.29, 1.82) is 0 Å². The molecule has 0 atom stereocenters. The summed E-state index contributed by atoms with van der Waals surface area (Å²) in [7, 11) is 0. The van der Waals surface area contributed by atoms with Crippen molar-refractivity contribution < 1.29 is 4.79 Å². The van der Waals surface area contributed by atoms with Crippen LogP contribution in [0.1, 0.15) is 47.5 Å². The number of rotatable bonds is 1. The highest BCUT2D eigenvalue weighted by molar-refractivity contribution is 7.17. The average molecular weight is 377 g/mol. The van der Waals surface area contributed by atoms with Crippen LogP contribution in [0.5, 0.6) is 0 Å². The number of nitrogens with two attached hydrogens (primary N) is 1. The van der Waals surface area contributed by atoms with Crippen LogP contribution in [0.4, 0.5) is 0 Å². The van der Waals surface area contributed by atoms with E-state index in [0.29, 0.717) is 0 Å². The number of benzene rings is 1. The number of carbonyl (C=O) groups is 1. The van der Waals surface area contributed by atoms with E-state index >= 15 is 0 Å². The van der Waals surface area contributed by atoms with E-state index in [4.69, 9.17) is 5.73 Å². The molecule has 25 heavy (non-hydrogen) atoms. The maximum absolute atomic E-state index is 12.9. The van der Waals surface area contributed by atoms with Gasteiger partial charge in [0.25, 0.3) is 5.91 Å². The van der Waals surface area contributed by atoms with Crippen LogP contribution in [-0.4, -0.2) is 29.9 Å². The average Bonchev–Trinajstić information content (AvgIpc) is 2.98. The van der Waals surface area contributed by atoms with Crippen LogP contribution in [0.3, 0.4) is 0 Å². The second-order valence-electron chi connectivity index (χ2n) is 7.70. The number of nitrogens with zero attached hydrogens (tertiary/aromatic N) is 1. The molecule has 4 rings (SSSR count). The van der Waals surface area contributed by atoms with Crippen LogP contribution in [-0.2, 0) is 11.8 Å². The molecule has 1 amide bonds. The molecule has 1 aromatic heterocycles. The van der Waals surface area contributed by atoms with Crippen LogP contribution >= 0.6 is 23.7 Å². The minimum Gasteiger partial charge on any atom is -0.338 e. The van der Waals surface area contributed by atoms with Crippen molar-refractivity contribution >= 4 is 29.7 Å². The Morgan fingerprint density at radius 3 is 2.64 bits per heavy atom. The van der Waals surface area contributed by atoms with Gasteiger partial charge in [-0.2, -0.15) is 0 Å². The topological polar surface area (TPSA) is 46.3 Å². The van der Waals surface area contributed by atoms with E-state index in [2.05, 4.69) is 44.2 Å². The molecule has 2 aliphatic rings. The summed E-state index contributed by atoms with van der Waals surface area (Å²) in [6.45, 7) is 6.15. The number of piperidine rings is 1. The maximum Gasteiger partial charge on any atom is 0.263 e. The second-order valence-corrected chi connectivity index (χ2v) is 8.75. The van der Waals surface area contributed by atoms with Gasteiger partial charge in [-0.3, -0.25) is 4.79 Å². The Hall–Kier alpha value is -1.36. The van der Waals surface area contributed by atoms with E-state index in [9.17, 15) is 4.79 Å². The first-order valence-electron chi connectivity index (χ1n) is 8.73. The molecule has 2 aromatic rings. The van der Waals surface area contributed by atoms with Crippen LogP contribution in [0.25, 0.3) is 10.4 Å². The number of hydrogen-bond acceptors (Lipinski definition) is 3. The van der Waals surface area contributed by atoms with Crippen LogP contribution < -0.4 is 5.73 Å². The molecule has 3 nitrogen and oxygen atoms in total. The first kappa shape index (κ1) is 18.4. The highest BCUT2D eigenvalue weighted by Gasteiger charge is 2.33. The molecule has 0 radical (unpaired) electrons. The van der Waals surface area contributed by atoms with Gasteiger partial charge in [-0.05, 0) is 47.4 Å². The molecule has 0 saturated carbocycles. The molecule has 1 aliphatic carbocycles. The van der Waals surface area contributed by atoms with Gasteiger partial charge in [0.1, 0.15) is 0 Å². The van der Waals surface area contributed by atoms with Gasteiger partial charge in [-0.1, -0.05) is 38.1 Å². The molecule has 1 aliphatic heterocycles. The minimum atomic E-state index is 0. The predicted molar refractivity (Wildman–Crippen MR) is 107 cm³/mol. The highest BCUT2D eigenvalue weighted by atomic mass is 35.5. The minimum absolute atomic E-state index is 0. The lowest BCUT2D eigenvalue weighted by atomic mass is 9.73. The molecular formula is C20H25ClN2OS. The standard InChI is InChI=1S/C20H24N2OS.ClH/c1-20(2)12-13-11-17(19(23)22-9-7-14(21)8-10-22)24-18(13)15-5-3-4-6-16(15)20;/h3-6,11,14H,7-10,12,21H2,1-2H3;1H. The monoisotopic (exact) mass is 376 g/mol. The fourth-order valence-corrected chi connectivity index (χ4v) is 5.18. The van der Waals surface area contributed by atoms with E-state index in [1.54, 1.807) is 11.3 Å². The van der Waals surface area contributed by atoms with Crippen molar-refractivity contribution in [3.05, 3.63) is 46.3 Å². The summed E-state index contributed by atoms with van der Waals surface area (Å²) in [5.74, 6) is 0.177. The Balaban J connectivity index is 0.00000182. The summed E-state index contributed by atoms with van der Waals surface area (Å²) in [5.41, 5.74) is 10.1. The van der Waals surface area contributed by atoms with Gasteiger partial charge < -0.3 is 10.6 Å². The van der Waals surface area contributed by atoms with Gasteiger partial charge in [-0.25, -0.2) is 0 Å². The summed E-state index contributed by atoms with van der Waals surface area (Å²) in [6.07, 6.45) is 2.81. The number of carbonyl (C=O) groups excluding carboxylic acids is 1. The second kappa shape index (κ2) is 6.75. The normalized spacial score (nSPS) is 18.9. The van der Waals surface area contributed by atoms with Crippen molar-refractivity contribution in [2.75, 3.05) is 13.1 Å². The Morgan fingerprint density at radius 1 is 1.24 bits per heavy atom. The van der Waals surface area contributed by atoms with Gasteiger partial charge in [0.05, 0.1) is 4.88 Å². The molecule has 0 bridgehead atoms. The smallest absolute Gasteiger partial charge is 0.263 e. The van der Waals surface area contributed by atoms with Crippen molar-refractivity contribution in [3.8, 4) is 10.4 Å². The van der Waals surface area contributed by atoms with Crippen molar-refractivity contribution in [2.45, 2.75) is 44.6 Å². The fraction of sp³-hybridized carbons (Fsp3) is 0.450. The molecule has 1 fully saturated rings. The predicted octanol–water partition coefficient (Wildman–Crippen LogP) is 4.23. The molecule has 2 N–H and O–H groups in total. The van der Waals surface area contributed by atoms with Gasteiger partial charge >= 0.3 is 0 Å². The number of fused-ring (bicyclic) bond motifs is 3. The van der Waals surface area contributed by atoms with Gasteiger partial charge in [0.15, 0.2) is 0 Å². The van der Waals surface area contributed by atoms with Crippen LogP contribution in [0.15, 0.2) is 30.3 Å². The molecule has 1 saturated heterocycles. The third kappa shape index (κ3) is 3.23. The Bertz CT molecular complexity index is 791.